The van der Waals surface area contributed by atoms with Gasteiger partial charge in [-0.1, -0.05) is 81.8 Å². The number of rotatable bonds is 13. The molecule has 2 fully saturated rings. The van der Waals surface area contributed by atoms with E-state index in [1.165, 1.54) is 12.2 Å². The summed E-state index contributed by atoms with van der Waals surface area (Å²) in [7, 11) is 0. The van der Waals surface area contributed by atoms with E-state index < -0.39 is 5.83 Å². The van der Waals surface area contributed by atoms with Crippen LogP contribution in [-0.4, -0.2) is 68.2 Å². The van der Waals surface area contributed by atoms with Crippen molar-refractivity contribution in [3.63, 3.8) is 0 Å². The average Bonchev–Trinajstić information content (AvgIpc) is 3.52. The van der Waals surface area contributed by atoms with E-state index >= 15 is 0 Å². The lowest BCUT2D eigenvalue weighted by Gasteiger charge is -2.13. The summed E-state index contributed by atoms with van der Waals surface area (Å²) in [5, 5.41) is 18.0. The van der Waals surface area contributed by atoms with Crippen LogP contribution in [0.4, 0.5) is 4.39 Å². The highest BCUT2D eigenvalue weighted by Gasteiger charge is 2.23. The summed E-state index contributed by atoms with van der Waals surface area (Å²) >= 11 is 11.7. The summed E-state index contributed by atoms with van der Waals surface area (Å²) in [5.41, 5.74) is 0.973. The fourth-order valence-electron chi connectivity index (χ4n) is 3.70. The first-order chi connectivity index (χ1) is 19.3. The lowest BCUT2D eigenvalue weighted by molar-refractivity contribution is -0.110. The number of nitrogens with one attached hydrogen (secondary N) is 3. The third-order valence-corrected chi connectivity index (χ3v) is 6.24. The molecule has 1 unspecified atom stereocenters. The Morgan fingerprint density at radius 3 is 2.44 bits per heavy atom. The van der Waals surface area contributed by atoms with E-state index in [2.05, 4.69) is 55.1 Å². The zero-order chi connectivity index (χ0) is 31.3. The molecule has 0 aromatic rings. The zero-order valence-corrected chi connectivity index (χ0v) is 26.6. The summed E-state index contributed by atoms with van der Waals surface area (Å²) in [6, 6.07) is 0. The number of carbonyl (C=O) groups excluding carboxylic acids is 2. The normalized spacial score (nSPS) is 22.4. The van der Waals surface area contributed by atoms with Crippen molar-refractivity contribution in [2.75, 3.05) is 39.3 Å². The van der Waals surface area contributed by atoms with E-state index in [9.17, 15) is 14.0 Å². The number of hydrogen-bond donors (Lipinski definition) is 4. The molecule has 10 heteroatoms. The molecule has 2 heterocycles. The molecule has 2 amide bonds. The van der Waals surface area contributed by atoms with Crippen LogP contribution in [0.15, 0.2) is 70.7 Å². The van der Waals surface area contributed by atoms with Gasteiger partial charge in [0.15, 0.2) is 0 Å². The highest BCUT2D eigenvalue weighted by molar-refractivity contribution is 6.31. The molecule has 232 valence electrons. The monoisotopic (exact) mass is 614 g/mol. The lowest BCUT2D eigenvalue weighted by atomic mass is 9.92. The summed E-state index contributed by atoms with van der Waals surface area (Å²) in [6.07, 6.45) is 14.7. The maximum Gasteiger partial charge on any atom is 0.211 e. The first-order valence-electron chi connectivity index (χ1n) is 13.9. The van der Waals surface area contributed by atoms with Crippen molar-refractivity contribution >= 4 is 36.0 Å². The van der Waals surface area contributed by atoms with Crippen molar-refractivity contribution in [2.24, 2.45) is 17.3 Å². The molecule has 0 radical (unpaired) electrons. The van der Waals surface area contributed by atoms with Crippen molar-refractivity contribution in [2.45, 2.75) is 53.6 Å². The fourth-order valence-corrected chi connectivity index (χ4v) is 4.00. The minimum absolute atomic E-state index is 0.0466. The number of likely N-dealkylation sites (tertiary alicyclic amines) is 1. The highest BCUT2D eigenvalue weighted by atomic mass is 35.5. The van der Waals surface area contributed by atoms with Gasteiger partial charge >= 0.3 is 0 Å². The van der Waals surface area contributed by atoms with Gasteiger partial charge in [-0.3, -0.25) is 14.5 Å². The van der Waals surface area contributed by atoms with E-state index in [1.54, 1.807) is 19.1 Å². The van der Waals surface area contributed by atoms with Gasteiger partial charge in [0, 0.05) is 43.5 Å². The van der Waals surface area contributed by atoms with Crippen molar-refractivity contribution < 1.29 is 19.1 Å². The van der Waals surface area contributed by atoms with E-state index in [0.717, 1.165) is 45.6 Å². The highest BCUT2D eigenvalue weighted by Crippen LogP contribution is 2.24. The quantitative estimate of drug-likeness (QED) is 0.124. The van der Waals surface area contributed by atoms with Gasteiger partial charge in [0.25, 0.3) is 0 Å². The van der Waals surface area contributed by atoms with Gasteiger partial charge in [-0.05, 0) is 61.8 Å². The predicted octanol–water partition coefficient (Wildman–Crippen LogP) is 5.55. The van der Waals surface area contributed by atoms with Crippen LogP contribution < -0.4 is 16.0 Å². The number of hydrogen-bond acceptors (Lipinski definition) is 5. The van der Waals surface area contributed by atoms with Crippen LogP contribution in [0.1, 0.15) is 47.5 Å². The third kappa shape index (κ3) is 22.1. The molecule has 2 aliphatic rings. The molecule has 41 heavy (non-hydrogen) atoms. The fraction of sp³-hybridized carbons (Fsp3) is 0.548. The first kappa shape index (κ1) is 38.8. The lowest BCUT2D eigenvalue weighted by Crippen LogP contribution is -2.30. The summed E-state index contributed by atoms with van der Waals surface area (Å²) in [6.45, 7) is 18.8. The maximum atomic E-state index is 14.0. The molecule has 0 bridgehead atoms. The van der Waals surface area contributed by atoms with E-state index in [-0.39, 0.29) is 17.1 Å². The molecule has 0 aromatic heterocycles. The minimum Gasteiger partial charge on any atom is -0.392 e. The molecule has 0 aliphatic carbocycles. The molecule has 2 saturated heterocycles. The van der Waals surface area contributed by atoms with Crippen molar-refractivity contribution in [1.82, 2.24) is 20.9 Å². The van der Waals surface area contributed by atoms with Gasteiger partial charge < -0.3 is 21.1 Å². The molecule has 0 saturated carbocycles. The Bertz CT molecular complexity index is 936. The molecular weight excluding hydrogens is 566 g/mol. The summed E-state index contributed by atoms with van der Waals surface area (Å²) < 4.78 is 14.0. The molecule has 2 aliphatic heterocycles. The SMILES string of the molecule is C=C/C(Cl)=C\C=C/C[C@H]1CNC[C@H]1/C=C/C(F)=C(Cl)\C=C(/C)NC=O.CC(C)(C)C.O=CNCCN1CCC(O)C1. The number of carbonyl (C=O) groups is 2. The largest absolute Gasteiger partial charge is 0.392 e. The second-order valence-corrected chi connectivity index (χ2v) is 12.3. The number of β-amino-alcohol motifs (C(OH)–C–C–N with tert-alkyl or cyclic N) is 1. The minimum atomic E-state index is -0.532. The Morgan fingerprint density at radius 1 is 1.20 bits per heavy atom. The topological polar surface area (TPSA) is 93.7 Å². The van der Waals surface area contributed by atoms with Gasteiger partial charge in [-0.15, -0.1) is 0 Å². The van der Waals surface area contributed by atoms with Crippen LogP contribution in [0, 0.1) is 17.3 Å². The number of halogens is 3. The summed E-state index contributed by atoms with van der Waals surface area (Å²) in [4.78, 5) is 22.3. The molecule has 4 N–H and O–H groups in total. The Labute approximate surface area is 256 Å². The zero-order valence-electron chi connectivity index (χ0n) is 25.1. The second-order valence-electron chi connectivity index (χ2n) is 11.5. The number of amides is 2. The third-order valence-electron chi connectivity index (χ3n) is 5.67. The molecule has 0 spiro atoms. The van der Waals surface area contributed by atoms with Crippen LogP contribution in [0.5, 0.6) is 0 Å². The Hall–Kier alpha value is -2.23. The van der Waals surface area contributed by atoms with Crippen LogP contribution >= 0.6 is 23.2 Å². The predicted molar refractivity (Wildman–Crippen MR) is 170 cm³/mol. The molecule has 0 aromatic carbocycles. The van der Waals surface area contributed by atoms with E-state index in [0.29, 0.717) is 41.4 Å². The van der Waals surface area contributed by atoms with Crippen LogP contribution in [-0.2, 0) is 9.59 Å². The van der Waals surface area contributed by atoms with Gasteiger partial charge in [-0.2, -0.15) is 0 Å². The second kappa shape index (κ2) is 22.4. The van der Waals surface area contributed by atoms with Crippen LogP contribution in [0.2, 0.25) is 0 Å². The average molecular weight is 616 g/mol. The molecule has 7 nitrogen and oxygen atoms in total. The van der Waals surface area contributed by atoms with Gasteiger partial charge in [0.05, 0.1) is 11.1 Å². The van der Waals surface area contributed by atoms with Gasteiger partial charge in [0.2, 0.25) is 12.8 Å². The van der Waals surface area contributed by atoms with E-state index in [4.69, 9.17) is 28.3 Å². The first-order valence-corrected chi connectivity index (χ1v) is 14.6. The Kier molecular flexibility index (Phi) is 21.2. The van der Waals surface area contributed by atoms with Crippen molar-refractivity contribution in [3.05, 3.63) is 70.7 Å². The Balaban J connectivity index is 0.000000816. The number of aliphatic hydroxyl groups is 1. The molecule has 2 rings (SSSR count). The maximum absolute atomic E-state index is 14.0. The van der Waals surface area contributed by atoms with Crippen LogP contribution in [0.3, 0.4) is 0 Å². The van der Waals surface area contributed by atoms with E-state index in [1.807, 2.05) is 18.2 Å². The smallest absolute Gasteiger partial charge is 0.211 e. The summed E-state index contributed by atoms with van der Waals surface area (Å²) in [5.74, 6) is 0.0662. The van der Waals surface area contributed by atoms with Gasteiger partial charge in [0.1, 0.15) is 5.83 Å². The molecule has 3 atom stereocenters. The molecular formula is C31H49Cl2FN4O3. The number of nitrogens with zero attached hydrogens (tertiary/aromatic N) is 1. The van der Waals surface area contributed by atoms with Crippen molar-refractivity contribution in [1.29, 1.82) is 0 Å². The standard InChI is InChI=1S/C19H23Cl2FN2O.C7H14N2O2.C5H12/c1-3-17(20)7-5-4-6-15-11-23-12-16(15)8-9-19(22)18(21)10-14(2)24-13-25;10-6-8-2-4-9-3-1-7(11)5-9;1-5(2,3)4/h3-5,7-10,13,15-16,23H,1,6,11-12H2,2H3,(H,24,25);6-7,11H,1-5H2,(H,8,10);1-4H3/b5-4-,9-8+,14-10+,17-7+,19-18-;;/t15-,16+;;/m0../s1. The Morgan fingerprint density at radius 2 is 1.88 bits per heavy atom. The van der Waals surface area contributed by atoms with Crippen molar-refractivity contribution in [3.8, 4) is 0 Å². The van der Waals surface area contributed by atoms with Gasteiger partial charge in [-0.25, -0.2) is 4.39 Å². The number of aliphatic hydroxyl groups excluding tert-OH is 1. The van der Waals surface area contributed by atoms with Crippen LogP contribution in [0.25, 0.3) is 0 Å². The number of allylic oxidation sites excluding steroid dienone is 10.